The number of hydrogen-bond donors (Lipinski definition) is 2. The SMILES string of the molecule is Cc1cc(C(N)=O)ccc1NC(=O)N1CC2(CCCC2)c2cc3c(cc2C1C)OCCO3. The van der Waals surface area contributed by atoms with Crippen LogP contribution in [0.5, 0.6) is 11.5 Å². The van der Waals surface area contributed by atoms with Crippen LogP contribution in [-0.4, -0.2) is 36.6 Å². The molecular formula is C25H29N3O4. The maximum absolute atomic E-state index is 13.5. The molecule has 2 aliphatic heterocycles. The molecular weight excluding hydrogens is 406 g/mol. The van der Waals surface area contributed by atoms with Crippen molar-refractivity contribution in [3.05, 3.63) is 52.6 Å². The molecule has 1 spiro atoms. The van der Waals surface area contributed by atoms with Crippen LogP contribution in [0.2, 0.25) is 0 Å². The van der Waals surface area contributed by atoms with Gasteiger partial charge >= 0.3 is 6.03 Å². The van der Waals surface area contributed by atoms with Crippen LogP contribution in [0, 0.1) is 6.92 Å². The minimum absolute atomic E-state index is 0.0557. The number of urea groups is 1. The largest absolute Gasteiger partial charge is 0.486 e. The Hall–Kier alpha value is -3.22. The second-order valence-electron chi connectivity index (χ2n) is 9.20. The first-order valence-electron chi connectivity index (χ1n) is 11.3. The molecule has 5 rings (SSSR count). The number of benzene rings is 2. The van der Waals surface area contributed by atoms with E-state index in [1.807, 2.05) is 11.8 Å². The summed E-state index contributed by atoms with van der Waals surface area (Å²) in [5.74, 6) is 1.09. The first-order chi connectivity index (χ1) is 15.4. The summed E-state index contributed by atoms with van der Waals surface area (Å²) in [6, 6.07) is 9.07. The number of rotatable bonds is 2. The molecule has 32 heavy (non-hydrogen) atoms. The number of carbonyl (C=O) groups excluding carboxylic acids is 2. The minimum Gasteiger partial charge on any atom is -0.486 e. The number of aryl methyl sites for hydroxylation is 1. The zero-order chi connectivity index (χ0) is 22.5. The molecule has 3 N–H and O–H groups in total. The van der Waals surface area contributed by atoms with Crippen LogP contribution in [0.1, 0.15) is 65.7 Å². The Morgan fingerprint density at radius 1 is 1.09 bits per heavy atom. The number of primary amides is 1. The number of carbonyl (C=O) groups is 2. The van der Waals surface area contributed by atoms with E-state index in [2.05, 4.69) is 24.4 Å². The fourth-order valence-corrected chi connectivity index (χ4v) is 5.50. The van der Waals surface area contributed by atoms with Gasteiger partial charge < -0.3 is 25.4 Å². The van der Waals surface area contributed by atoms with Crippen molar-refractivity contribution in [1.29, 1.82) is 0 Å². The number of nitrogens with one attached hydrogen (secondary N) is 1. The lowest BCUT2D eigenvalue weighted by Crippen LogP contribution is -2.50. The van der Waals surface area contributed by atoms with E-state index >= 15 is 0 Å². The number of ether oxygens (including phenoxy) is 2. The van der Waals surface area contributed by atoms with E-state index in [1.165, 1.54) is 5.56 Å². The molecule has 1 saturated carbocycles. The number of hydrogen-bond acceptors (Lipinski definition) is 4. The second-order valence-corrected chi connectivity index (χ2v) is 9.20. The average Bonchev–Trinajstić information content (AvgIpc) is 3.26. The van der Waals surface area contributed by atoms with Crippen molar-refractivity contribution in [2.45, 2.75) is 51.0 Å². The summed E-state index contributed by atoms with van der Waals surface area (Å²) in [7, 11) is 0. The van der Waals surface area contributed by atoms with E-state index in [0.29, 0.717) is 31.0 Å². The number of fused-ring (bicyclic) bond motifs is 3. The number of nitrogens with zero attached hydrogens (tertiary/aromatic N) is 1. The van der Waals surface area contributed by atoms with Gasteiger partial charge in [0.15, 0.2) is 11.5 Å². The van der Waals surface area contributed by atoms with Crippen molar-refractivity contribution in [2.75, 3.05) is 25.1 Å². The molecule has 1 atom stereocenters. The minimum atomic E-state index is -0.482. The van der Waals surface area contributed by atoms with Gasteiger partial charge in [0.2, 0.25) is 5.91 Å². The van der Waals surface area contributed by atoms with Crippen molar-refractivity contribution in [3.8, 4) is 11.5 Å². The predicted octanol–water partition coefficient (Wildman–Crippen LogP) is 4.29. The first-order valence-corrected chi connectivity index (χ1v) is 11.3. The fraction of sp³-hybridized carbons (Fsp3) is 0.440. The van der Waals surface area contributed by atoms with Crippen molar-refractivity contribution >= 4 is 17.6 Å². The van der Waals surface area contributed by atoms with Gasteiger partial charge in [-0.25, -0.2) is 4.79 Å². The van der Waals surface area contributed by atoms with E-state index in [0.717, 1.165) is 48.3 Å². The molecule has 1 fully saturated rings. The molecule has 168 valence electrons. The average molecular weight is 436 g/mol. The van der Waals surface area contributed by atoms with Crippen LogP contribution < -0.4 is 20.5 Å². The highest BCUT2D eigenvalue weighted by molar-refractivity contribution is 5.95. The maximum Gasteiger partial charge on any atom is 0.322 e. The third-order valence-electron chi connectivity index (χ3n) is 7.25. The molecule has 7 heteroatoms. The van der Waals surface area contributed by atoms with Crippen molar-refractivity contribution in [2.24, 2.45) is 5.73 Å². The summed E-state index contributed by atoms with van der Waals surface area (Å²) < 4.78 is 11.7. The molecule has 0 radical (unpaired) electrons. The van der Waals surface area contributed by atoms with E-state index < -0.39 is 5.91 Å². The summed E-state index contributed by atoms with van der Waals surface area (Å²) in [5, 5.41) is 3.05. The molecule has 7 nitrogen and oxygen atoms in total. The summed E-state index contributed by atoms with van der Waals surface area (Å²) in [6.07, 6.45) is 4.43. The van der Waals surface area contributed by atoms with Gasteiger partial charge in [0, 0.05) is 23.2 Å². The lowest BCUT2D eigenvalue weighted by atomic mass is 9.71. The third kappa shape index (κ3) is 3.36. The normalized spacial score (nSPS) is 20.7. The lowest BCUT2D eigenvalue weighted by molar-refractivity contribution is 0.1000. The van der Waals surface area contributed by atoms with Gasteiger partial charge in [-0.15, -0.1) is 0 Å². The van der Waals surface area contributed by atoms with Gasteiger partial charge in [0.05, 0.1) is 6.04 Å². The van der Waals surface area contributed by atoms with Gasteiger partial charge in [-0.1, -0.05) is 12.8 Å². The third-order valence-corrected chi connectivity index (χ3v) is 7.25. The van der Waals surface area contributed by atoms with Crippen LogP contribution in [0.4, 0.5) is 10.5 Å². The predicted molar refractivity (Wildman–Crippen MR) is 121 cm³/mol. The Bertz CT molecular complexity index is 1090. The highest BCUT2D eigenvalue weighted by Crippen LogP contribution is 2.52. The summed E-state index contributed by atoms with van der Waals surface area (Å²) >= 11 is 0. The van der Waals surface area contributed by atoms with E-state index in [-0.39, 0.29) is 17.5 Å². The smallest absolute Gasteiger partial charge is 0.322 e. The molecule has 1 unspecified atom stereocenters. The fourth-order valence-electron chi connectivity index (χ4n) is 5.50. The van der Waals surface area contributed by atoms with Gasteiger partial charge in [-0.05, 0) is 73.7 Å². The Morgan fingerprint density at radius 2 is 1.78 bits per heavy atom. The Morgan fingerprint density at radius 3 is 2.44 bits per heavy atom. The molecule has 3 amide bonds. The molecule has 2 heterocycles. The summed E-state index contributed by atoms with van der Waals surface area (Å²) in [4.78, 5) is 26.8. The molecule has 3 aliphatic rings. The van der Waals surface area contributed by atoms with Crippen LogP contribution in [0.15, 0.2) is 30.3 Å². The van der Waals surface area contributed by atoms with Crippen LogP contribution in [-0.2, 0) is 5.41 Å². The summed E-state index contributed by atoms with van der Waals surface area (Å²) in [5.41, 5.74) is 9.67. The standard InChI is InChI=1S/C25H29N3O4/c1-15-11-17(23(26)29)5-6-20(15)27-24(30)28-14-25(7-3-4-8-25)19-13-22-21(31-9-10-32-22)12-18(19)16(28)2/h5-6,11-13,16H,3-4,7-10,14H2,1-2H3,(H2,26,29)(H,27,30). The second kappa shape index (κ2) is 7.73. The van der Waals surface area contributed by atoms with Crippen molar-refractivity contribution < 1.29 is 19.1 Å². The molecule has 2 aromatic rings. The van der Waals surface area contributed by atoms with Crippen LogP contribution in [0.3, 0.4) is 0 Å². The van der Waals surface area contributed by atoms with E-state index in [1.54, 1.807) is 18.2 Å². The van der Waals surface area contributed by atoms with Crippen LogP contribution in [0.25, 0.3) is 0 Å². The molecule has 1 aliphatic carbocycles. The quantitative estimate of drug-likeness (QED) is 0.736. The number of anilines is 1. The zero-order valence-corrected chi connectivity index (χ0v) is 18.6. The highest BCUT2D eigenvalue weighted by Gasteiger charge is 2.46. The zero-order valence-electron chi connectivity index (χ0n) is 18.6. The first kappa shape index (κ1) is 20.7. The monoisotopic (exact) mass is 435 g/mol. The van der Waals surface area contributed by atoms with E-state index in [4.69, 9.17) is 15.2 Å². The van der Waals surface area contributed by atoms with E-state index in [9.17, 15) is 9.59 Å². The Balaban J connectivity index is 1.48. The number of nitrogens with two attached hydrogens (primary N) is 1. The lowest BCUT2D eigenvalue weighted by Gasteiger charge is -2.46. The molecule has 0 aromatic heterocycles. The van der Waals surface area contributed by atoms with Gasteiger partial charge in [-0.3, -0.25) is 4.79 Å². The van der Waals surface area contributed by atoms with Crippen LogP contribution >= 0.6 is 0 Å². The molecule has 2 aromatic carbocycles. The van der Waals surface area contributed by atoms with Gasteiger partial charge in [0.25, 0.3) is 0 Å². The topological polar surface area (TPSA) is 93.9 Å². The Labute approximate surface area is 187 Å². The molecule has 0 saturated heterocycles. The van der Waals surface area contributed by atoms with Crippen molar-refractivity contribution in [1.82, 2.24) is 4.90 Å². The van der Waals surface area contributed by atoms with Crippen molar-refractivity contribution in [3.63, 3.8) is 0 Å². The Kier molecular flexibility index (Phi) is 4.99. The van der Waals surface area contributed by atoms with Gasteiger partial charge in [0.1, 0.15) is 13.2 Å². The number of amides is 3. The summed E-state index contributed by atoms with van der Waals surface area (Å²) in [6.45, 7) is 5.70. The highest BCUT2D eigenvalue weighted by atomic mass is 16.6. The maximum atomic E-state index is 13.5. The molecule has 0 bridgehead atoms. The van der Waals surface area contributed by atoms with Gasteiger partial charge in [-0.2, -0.15) is 0 Å².